The average Bonchev–Trinajstić information content (AvgIpc) is 2.69. The molecule has 0 aliphatic rings. The third-order valence-corrected chi connectivity index (χ3v) is 4.67. The van der Waals surface area contributed by atoms with Gasteiger partial charge in [0.2, 0.25) is 0 Å². The van der Waals surface area contributed by atoms with Crippen LogP contribution in [0.1, 0.15) is 234 Å². The maximum absolute atomic E-state index is 2.26. The van der Waals surface area contributed by atoms with Gasteiger partial charge >= 0.3 is 0 Å². The Balaban J connectivity index is -0.0000000131. The topological polar surface area (TPSA) is 0 Å². The molecular weight excluding hydrogens is 480 g/mol. The molecule has 0 amide bonds. The maximum Gasteiger partial charge on any atom is -0.0307 e. The highest BCUT2D eigenvalue weighted by Crippen LogP contribution is 2.06. The largest absolute Gasteiger partial charge is 0.0776 e. The summed E-state index contributed by atoms with van der Waals surface area (Å²) in [4.78, 5) is 0. The number of hydrogen-bond acceptors (Lipinski definition) is 0. The Kier molecular flexibility index (Phi) is 285. The van der Waals surface area contributed by atoms with Crippen LogP contribution in [-0.2, 0) is 6.42 Å². The first-order chi connectivity index (χ1) is 12.8. The molecule has 0 saturated carbocycles. The van der Waals surface area contributed by atoms with Crippen molar-refractivity contribution in [1.82, 2.24) is 0 Å². The van der Waals surface area contributed by atoms with Crippen LogP contribution in [0, 0.1) is 0 Å². The second-order valence-electron chi connectivity index (χ2n) is 7.37. The van der Waals surface area contributed by atoms with E-state index in [4.69, 9.17) is 0 Å². The van der Waals surface area contributed by atoms with Gasteiger partial charge in [-0.2, -0.15) is 0 Å². The summed E-state index contributed by atoms with van der Waals surface area (Å²) < 4.78 is 0. The number of hydrogen-bond donors (Lipinski definition) is 0. The lowest BCUT2D eigenvalue weighted by molar-refractivity contribution is 0.602. The summed E-state index contributed by atoms with van der Waals surface area (Å²) in [5.74, 6) is 0. The fourth-order valence-electron chi connectivity index (χ4n) is 2.77. The maximum atomic E-state index is 2.26. The normalized spacial score (nSPS) is 6.33. The van der Waals surface area contributed by atoms with E-state index in [2.05, 4.69) is 58.9 Å². The number of benzene rings is 1. The molecule has 1 rings (SSSR count). The van der Waals surface area contributed by atoms with Crippen molar-refractivity contribution in [3.05, 3.63) is 35.9 Å². The molecule has 0 spiro atoms. The Bertz CT molecular complexity index is 288. The van der Waals surface area contributed by atoms with Crippen molar-refractivity contribution in [2.45, 2.75) is 235 Å². The first-order valence-corrected chi connectivity index (χ1v) is 11.8. The van der Waals surface area contributed by atoms with Gasteiger partial charge in [-0.15, -0.1) is 0 Å². The van der Waals surface area contributed by atoms with E-state index in [1.54, 1.807) is 0 Å². The molecule has 0 bridgehead atoms. The summed E-state index contributed by atoms with van der Waals surface area (Å²) in [6.45, 7) is 11.2. The molecule has 0 nitrogen and oxygen atoms in total. The monoisotopic (exact) mass is 587 g/mol. The van der Waals surface area contributed by atoms with Crippen molar-refractivity contribution >= 4 is 0 Å². The van der Waals surface area contributed by atoms with Crippen LogP contribution < -0.4 is 0 Å². The number of rotatable bonds is 13. The summed E-state index contributed by atoms with van der Waals surface area (Å²) in [6.07, 6.45) is 21.1. The van der Waals surface area contributed by atoms with Crippen molar-refractivity contribution < 1.29 is 0 Å². The summed E-state index contributed by atoms with van der Waals surface area (Å²) >= 11 is 0. The fourth-order valence-corrected chi connectivity index (χ4v) is 2.77. The first kappa shape index (κ1) is 106. The molecule has 0 fully saturated rings. The molecule has 0 aliphatic carbocycles. The van der Waals surface area contributed by atoms with Crippen molar-refractivity contribution in [2.75, 3.05) is 0 Å². The molecule has 266 valence electrons. The quantitative estimate of drug-likeness (QED) is 0.202. The average molecular weight is 587 g/mol. The van der Waals surface area contributed by atoms with Gasteiger partial charge in [0, 0.05) is 0 Å². The van der Waals surface area contributed by atoms with Gasteiger partial charge < -0.3 is 0 Å². The van der Waals surface area contributed by atoms with Crippen molar-refractivity contribution in [2.24, 2.45) is 0 Å². The van der Waals surface area contributed by atoms with Gasteiger partial charge in [0.05, 0.1) is 0 Å². The minimum Gasteiger partial charge on any atom is -0.0776 e. The molecule has 0 atom stereocenters. The van der Waals surface area contributed by atoms with E-state index >= 15 is 0 Å². The smallest absolute Gasteiger partial charge is 0.0307 e. The van der Waals surface area contributed by atoms with E-state index in [0.717, 1.165) is 6.42 Å². The van der Waals surface area contributed by atoms with Crippen LogP contribution in [0.3, 0.4) is 0 Å². The predicted molar refractivity (Wildman–Crippen MR) is 217 cm³/mol. The van der Waals surface area contributed by atoms with E-state index < -0.39 is 0 Å². The molecule has 0 aromatic heterocycles. The highest BCUT2D eigenvalue weighted by Gasteiger charge is 1.86. The van der Waals surface area contributed by atoms with Gasteiger partial charge in [-0.1, -0.05) is 259 Å². The van der Waals surface area contributed by atoms with Crippen LogP contribution in [0.5, 0.6) is 0 Å². The molecule has 0 aliphatic heterocycles. The molecule has 0 saturated heterocycles. The van der Waals surface area contributed by atoms with Crippen molar-refractivity contribution in [3.63, 3.8) is 0 Å². The highest BCUT2D eigenvalue weighted by molar-refractivity contribution is 5.13. The van der Waals surface area contributed by atoms with Gasteiger partial charge in [-0.3, -0.25) is 0 Å². The molecule has 1 aromatic rings. The van der Waals surface area contributed by atoms with Gasteiger partial charge in [0.25, 0.3) is 0 Å². The van der Waals surface area contributed by atoms with Gasteiger partial charge in [0.1, 0.15) is 0 Å². The van der Waals surface area contributed by atoms with E-state index in [-0.39, 0.29) is 104 Å². The minimum atomic E-state index is 0. The van der Waals surface area contributed by atoms with Crippen molar-refractivity contribution in [3.8, 4) is 0 Å². The Morgan fingerprint density at radius 1 is 0.300 bits per heavy atom. The second-order valence-corrected chi connectivity index (χ2v) is 7.37. The van der Waals surface area contributed by atoms with Gasteiger partial charge in [-0.05, 0) is 12.0 Å². The third-order valence-electron chi connectivity index (χ3n) is 4.67. The third kappa shape index (κ3) is 108. The fraction of sp³-hybridized carbons (Fsp3) is 0.850. The predicted octanol–water partition coefficient (Wildman–Crippen LogP) is 18.7. The molecule has 0 N–H and O–H groups in total. The molecule has 0 heteroatoms. The van der Waals surface area contributed by atoms with Crippen molar-refractivity contribution in [1.29, 1.82) is 0 Å². The van der Waals surface area contributed by atoms with Crippen LogP contribution in [-0.4, -0.2) is 0 Å². The van der Waals surface area contributed by atoms with Gasteiger partial charge in [0.15, 0.2) is 0 Å². The Morgan fingerprint density at radius 3 is 0.650 bits per heavy atom. The van der Waals surface area contributed by atoms with E-state index in [9.17, 15) is 0 Å². The zero-order valence-electron chi connectivity index (χ0n) is 19.0. The number of unbranched alkanes of at least 4 members (excludes halogenated alkanes) is 12. The highest BCUT2D eigenvalue weighted by atomic mass is 13.9. The molecule has 0 unspecified atom stereocenters. The Hall–Kier alpha value is -0.780. The van der Waals surface area contributed by atoms with Crippen LogP contribution in [0.15, 0.2) is 30.3 Å². The molecule has 0 heterocycles. The van der Waals surface area contributed by atoms with Crippen LogP contribution in [0.4, 0.5) is 0 Å². The molecule has 0 radical (unpaired) electrons. The minimum absolute atomic E-state index is 0. The van der Waals surface area contributed by atoms with Crippen LogP contribution >= 0.6 is 0 Å². The van der Waals surface area contributed by atoms with E-state index in [0.29, 0.717) is 0 Å². The summed E-state index contributed by atoms with van der Waals surface area (Å²) in [5.41, 5.74) is 1.41. The Labute approximate surface area is 270 Å². The van der Waals surface area contributed by atoms with E-state index in [1.807, 2.05) is 6.07 Å². The van der Waals surface area contributed by atoms with Gasteiger partial charge in [-0.25, -0.2) is 0 Å². The molecular formula is C40H106. The summed E-state index contributed by atoms with van der Waals surface area (Å²) in [6, 6.07) is 10.5. The lowest BCUT2D eigenvalue weighted by Crippen LogP contribution is -1.76. The van der Waals surface area contributed by atoms with E-state index in [1.165, 1.54) is 95.5 Å². The lowest BCUT2D eigenvalue weighted by atomic mass is 10.1. The number of aryl methyl sites for hydroxylation is 1. The molecule has 40 heavy (non-hydrogen) atoms. The first-order valence-electron chi connectivity index (χ1n) is 11.8. The molecule has 1 aromatic carbocycles. The Morgan fingerprint density at radius 2 is 0.500 bits per heavy atom. The van der Waals surface area contributed by atoms with Crippen LogP contribution in [0.25, 0.3) is 0 Å². The second kappa shape index (κ2) is 107. The SMILES string of the molecule is C.C.C.C.C.C.C.C.C.C.C.C.C.C.CCCCCCCCC.CCCCCCCCC.CCc1ccccc1. The summed E-state index contributed by atoms with van der Waals surface area (Å²) in [5, 5.41) is 0. The summed E-state index contributed by atoms with van der Waals surface area (Å²) in [7, 11) is 0. The zero-order chi connectivity index (χ0) is 19.7. The standard InChI is InChI=1S/2C9H20.C8H10.14CH4/c2*1-3-5-7-9-8-6-4-2;1-2-8-6-4-3-5-7-8;;;;;;;;;;;;;;/h2*3-9H2,1-2H3;3-7H,2H2,1H3;14*1H4. The van der Waals surface area contributed by atoms with Crippen LogP contribution in [0.2, 0.25) is 0 Å². The zero-order valence-corrected chi connectivity index (χ0v) is 19.0. The lowest BCUT2D eigenvalue weighted by Gasteiger charge is -1.96.